The summed E-state index contributed by atoms with van der Waals surface area (Å²) in [6.07, 6.45) is 2.28. The van der Waals surface area contributed by atoms with Crippen molar-refractivity contribution in [2.45, 2.75) is 59.4 Å². The summed E-state index contributed by atoms with van der Waals surface area (Å²) in [6.45, 7) is 9.15. The molecule has 2 heterocycles. The van der Waals surface area contributed by atoms with Crippen molar-refractivity contribution >= 4 is 46.2 Å². The number of alkyl halides is 1. The lowest BCUT2D eigenvalue weighted by Gasteiger charge is -2.34. The van der Waals surface area contributed by atoms with Crippen LogP contribution in [0.2, 0.25) is 0 Å². The van der Waals surface area contributed by atoms with Gasteiger partial charge in [0.1, 0.15) is 11.8 Å². The molecule has 3 rings (SSSR count). The lowest BCUT2D eigenvalue weighted by atomic mass is 9.74. The summed E-state index contributed by atoms with van der Waals surface area (Å²) in [6, 6.07) is 3.95. The van der Waals surface area contributed by atoms with Crippen LogP contribution in [0.25, 0.3) is 0 Å². The molecule has 1 aromatic rings. The molecule has 0 radical (unpaired) electrons. The zero-order chi connectivity index (χ0) is 23.0. The summed E-state index contributed by atoms with van der Waals surface area (Å²) >= 11 is 2.39. The molecule has 1 fully saturated rings. The normalized spacial score (nSPS) is 19.5. The fourth-order valence-corrected chi connectivity index (χ4v) is 6.03. The van der Waals surface area contributed by atoms with Gasteiger partial charge in [0.2, 0.25) is 11.8 Å². The highest BCUT2D eigenvalue weighted by atomic mass is 127. The predicted molar refractivity (Wildman–Crippen MR) is 124 cm³/mol. The molecule has 0 aliphatic carbocycles. The molecule has 31 heavy (non-hydrogen) atoms. The number of piperidine rings is 1. The van der Waals surface area contributed by atoms with E-state index in [1.807, 2.05) is 0 Å². The number of imide groups is 2. The van der Waals surface area contributed by atoms with E-state index in [4.69, 9.17) is 4.74 Å². The largest absolute Gasteiger partial charge is 0.492 e. The number of halogens is 1. The van der Waals surface area contributed by atoms with Gasteiger partial charge < -0.3 is 4.74 Å². The van der Waals surface area contributed by atoms with Crippen LogP contribution in [-0.4, -0.2) is 45.6 Å². The van der Waals surface area contributed by atoms with Gasteiger partial charge in [-0.3, -0.25) is 29.4 Å². The third-order valence-corrected chi connectivity index (χ3v) is 6.32. The molecule has 0 aromatic heterocycles. The van der Waals surface area contributed by atoms with Crippen LogP contribution in [0.5, 0.6) is 5.75 Å². The number of hydrogen-bond acceptors (Lipinski definition) is 5. The molecule has 0 spiro atoms. The summed E-state index contributed by atoms with van der Waals surface area (Å²) in [5, 5.41) is 2.21. The average Bonchev–Trinajstić information content (AvgIpc) is 2.91. The van der Waals surface area contributed by atoms with Crippen LogP contribution in [0.1, 0.15) is 74.1 Å². The molecule has 4 amide bonds. The molecule has 8 heteroatoms. The Hall–Kier alpha value is -1.97. The molecule has 2 aliphatic rings. The number of amides is 4. The topological polar surface area (TPSA) is 92.8 Å². The van der Waals surface area contributed by atoms with Crippen molar-refractivity contribution in [1.82, 2.24) is 10.2 Å². The summed E-state index contributed by atoms with van der Waals surface area (Å²) in [5.74, 6) is -1.73. The fourth-order valence-electron chi connectivity index (χ4n) is 4.57. The smallest absolute Gasteiger partial charge is 0.266 e. The Balaban J connectivity index is 1.79. The monoisotopic (exact) mass is 540 g/mol. The number of benzene rings is 1. The van der Waals surface area contributed by atoms with Crippen molar-refractivity contribution in [3.63, 3.8) is 0 Å². The van der Waals surface area contributed by atoms with E-state index in [-0.39, 0.29) is 34.8 Å². The number of hydrogen-bond donors (Lipinski definition) is 1. The molecule has 1 aromatic carbocycles. The molecule has 1 saturated heterocycles. The van der Waals surface area contributed by atoms with E-state index in [0.29, 0.717) is 12.4 Å². The number of rotatable bonds is 8. The Bertz CT molecular complexity index is 925. The highest BCUT2D eigenvalue weighted by Crippen LogP contribution is 2.38. The first-order valence-corrected chi connectivity index (χ1v) is 12.0. The second-order valence-electron chi connectivity index (χ2n) is 9.86. The van der Waals surface area contributed by atoms with Gasteiger partial charge in [0.25, 0.3) is 11.8 Å². The Labute approximate surface area is 196 Å². The molecule has 2 aliphatic heterocycles. The van der Waals surface area contributed by atoms with E-state index in [1.54, 1.807) is 18.2 Å². The number of carbonyl (C=O) groups excluding carboxylic acids is 4. The van der Waals surface area contributed by atoms with Crippen LogP contribution in [0.3, 0.4) is 0 Å². The maximum atomic E-state index is 13.2. The summed E-state index contributed by atoms with van der Waals surface area (Å²) in [5.41, 5.74) is 0.461. The summed E-state index contributed by atoms with van der Waals surface area (Å²) < 4.78 is 7.16. The first kappa shape index (κ1) is 23.7. The molecule has 1 N–H and O–H groups in total. The van der Waals surface area contributed by atoms with E-state index < -0.39 is 29.7 Å². The molecule has 168 valence electrons. The predicted octanol–water partition coefficient (Wildman–Crippen LogP) is 3.73. The van der Waals surface area contributed by atoms with Crippen LogP contribution in [0.4, 0.5) is 0 Å². The molecule has 1 atom stereocenters. The van der Waals surface area contributed by atoms with Gasteiger partial charge in [-0.2, -0.15) is 0 Å². The van der Waals surface area contributed by atoms with E-state index in [1.165, 1.54) is 0 Å². The molecule has 0 saturated carbocycles. The van der Waals surface area contributed by atoms with Crippen LogP contribution >= 0.6 is 22.6 Å². The van der Waals surface area contributed by atoms with Crippen molar-refractivity contribution in [2.75, 3.05) is 11.0 Å². The third-order valence-electron chi connectivity index (χ3n) is 5.78. The van der Waals surface area contributed by atoms with Gasteiger partial charge in [-0.15, -0.1) is 0 Å². The minimum atomic E-state index is -0.983. The second kappa shape index (κ2) is 8.88. The molecular weight excluding hydrogens is 511 g/mol. The van der Waals surface area contributed by atoms with Crippen molar-refractivity contribution in [3.8, 4) is 5.75 Å². The summed E-state index contributed by atoms with van der Waals surface area (Å²) in [7, 11) is 0. The molecule has 7 nitrogen and oxygen atoms in total. The van der Waals surface area contributed by atoms with Crippen LogP contribution in [-0.2, 0) is 9.59 Å². The first-order valence-electron chi connectivity index (χ1n) is 10.5. The van der Waals surface area contributed by atoms with Gasteiger partial charge in [0.15, 0.2) is 0 Å². The number of nitrogens with one attached hydrogen (secondary N) is 1. The molecule has 0 bridgehead atoms. The SMILES string of the molecule is CC(C)(CCI)CC(C)(C)COc1cccc2c1C(=O)N(C1CCC(=O)NC1=O)C2=O. The van der Waals surface area contributed by atoms with E-state index in [0.717, 1.165) is 22.2 Å². The van der Waals surface area contributed by atoms with Gasteiger partial charge >= 0.3 is 0 Å². The highest BCUT2D eigenvalue weighted by Gasteiger charge is 2.46. The average molecular weight is 540 g/mol. The number of nitrogens with zero attached hydrogens (tertiary/aromatic N) is 1. The summed E-state index contributed by atoms with van der Waals surface area (Å²) in [4.78, 5) is 50.7. The Morgan fingerprint density at radius 1 is 1.10 bits per heavy atom. The van der Waals surface area contributed by atoms with Crippen LogP contribution in [0, 0.1) is 10.8 Å². The molecule has 1 unspecified atom stereocenters. The van der Waals surface area contributed by atoms with Gasteiger partial charge in [-0.25, -0.2) is 0 Å². The van der Waals surface area contributed by atoms with Gasteiger partial charge in [0, 0.05) is 10.8 Å². The van der Waals surface area contributed by atoms with Crippen LogP contribution in [0.15, 0.2) is 18.2 Å². The van der Waals surface area contributed by atoms with Gasteiger partial charge in [0.05, 0.1) is 17.7 Å². The number of ether oxygens (including phenoxy) is 1. The Kier molecular flexibility index (Phi) is 6.78. The lowest BCUT2D eigenvalue weighted by molar-refractivity contribution is -0.136. The Morgan fingerprint density at radius 2 is 1.81 bits per heavy atom. The number of carbonyl (C=O) groups is 4. The van der Waals surface area contributed by atoms with E-state index in [9.17, 15) is 19.2 Å². The van der Waals surface area contributed by atoms with Crippen molar-refractivity contribution in [1.29, 1.82) is 0 Å². The highest BCUT2D eigenvalue weighted by molar-refractivity contribution is 14.1. The van der Waals surface area contributed by atoms with Gasteiger partial charge in [-0.05, 0) is 42.2 Å². The maximum Gasteiger partial charge on any atom is 0.266 e. The van der Waals surface area contributed by atoms with Crippen molar-refractivity contribution < 1.29 is 23.9 Å². The third kappa shape index (κ3) is 5.10. The first-order chi connectivity index (χ1) is 14.5. The zero-order valence-electron chi connectivity index (χ0n) is 18.4. The van der Waals surface area contributed by atoms with Gasteiger partial charge in [-0.1, -0.05) is 56.4 Å². The quantitative estimate of drug-likeness (QED) is 0.308. The molecular formula is C23H29IN2O5. The second-order valence-corrected chi connectivity index (χ2v) is 10.9. The van der Waals surface area contributed by atoms with Crippen LogP contribution < -0.4 is 10.1 Å². The Morgan fingerprint density at radius 3 is 2.45 bits per heavy atom. The van der Waals surface area contributed by atoms with Crippen molar-refractivity contribution in [2.24, 2.45) is 10.8 Å². The zero-order valence-corrected chi connectivity index (χ0v) is 20.6. The minimum absolute atomic E-state index is 0.0916. The van der Waals surface area contributed by atoms with E-state index >= 15 is 0 Å². The fraction of sp³-hybridized carbons (Fsp3) is 0.565. The lowest BCUT2D eigenvalue weighted by Crippen LogP contribution is -2.54. The minimum Gasteiger partial charge on any atom is -0.492 e. The number of fused-ring (bicyclic) bond motifs is 1. The van der Waals surface area contributed by atoms with Crippen molar-refractivity contribution in [3.05, 3.63) is 29.3 Å². The standard InChI is InChI=1S/C23H29IN2O5/c1-22(2,10-11-24)12-23(3,4)13-31-16-7-5-6-14-18(16)21(30)26(20(14)29)15-8-9-17(27)25-19(15)28/h5-7,15H,8-13H2,1-4H3,(H,25,27,28). The van der Waals surface area contributed by atoms with E-state index in [2.05, 4.69) is 55.6 Å². The maximum absolute atomic E-state index is 13.2.